The summed E-state index contributed by atoms with van der Waals surface area (Å²) < 4.78 is 0. The number of aliphatic hydroxyl groups is 2. The van der Waals surface area contributed by atoms with Crippen LogP contribution >= 0.6 is 23.5 Å². The molecule has 3 aliphatic heterocycles. The van der Waals surface area contributed by atoms with Gasteiger partial charge in [0.05, 0.1) is 24.3 Å². The molecular formula is C20H24N2O6S2. The van der Waals surface area contributed by atoms with Crippen LogP contribution in [0.3, 0.4) is 0 Å². The van der Waals surface area contributed by atoms with Crippen LogP contribution in [0, 0.1) is 11.8 Å². The predicted molar refractivity (Wildman–Crippen MR) is 110 cm³/mol. The van der Waals surface area contributed by atoms with Crippen molar-refractivity contribution in [2.75, 3.05) is 12.5 Å². The molecule has 1 saturated carbocycles. The molecule has 4 unspecified atom stereocenters. The first kappa shape index (κ1) is 20.5. The zero-order valence-electron chi connectivity index (χ0n) is 16.7. The Hall–Kier alpha value is -1.36. The molecule has 3 heterocycles. The number of aliphatic hydroxyl groups excluding tert-OH is 2. The van der Waals surface area contributed by atoms with Gasteiger partial charge in [-0.25, -0.2) is 0 Å². The summed E-state index contributed by atoms with van der Waals surface area (Å²) in [5.41, 5.74) is 0. The second-order valence-electron chi connectivity index (χ2n) is 8.75. The maximum atomic E-state index is 14.1. The lowest BCUT2D eigenvalue weighted by Crippen LogP contribution is -2.75. The predicted octanol–water partition coefficient (Wildman–Crippen LogP) is -0.224. The van der Waals surface area contributed by atoms with Crippen molar-refractivity contribution in [3.63, 3.8) is 0 Å². The summed E-state index contributed by atoms with van der Waals surface area (Å²) in [6.45, 7) is 0. The van der Waals surface area contributed by atoms with Crippen LogP contribution in [0.5, 0.6) is 0 Å². The minimum atomic E-state index is -1.33. The molecule has 2 aliphatic carbocycles. The number of Topliss-reactive ketones (excluding diaryl/α,β-unsaturated/α-hetero) is 1. The molecule has 5 rings (SSSR count). The number of carbonyl (C=O) groups excluding carboxylic acids is 4. The Morgan fingerprint density at radius 1 is 0.933 bits per heavy atom. The summed E-state index contributed by atoms with van der Waals surface area (Å²) in [5.74, 6) is -2.16. The van der Waals surface area contributed by atoms with Crippen LogP contribution in [0.25, 0.3) is 0 Å². The molecule has 0 aromatic rings. The fourth-order valence-corrected chi connectivity index (χ4v) is 8.29. The van der Waals surface area contributed by atoms with Gasteiger partial charge in [-0.1, -0.05) is 6.08 Å². The Balaban J connectivity index is 1.69. The number of hydrogen-bond donors (Lipinski definition) is 2. The number of piperazine rings is 1. The van der Waals surface area contributed by atoms with E-state index in [0.717, 1.165) is 0 Å². The quantitative estimate of drug-likeness (QED) is 0.591. The van der Waals surface area contributed by atoms with Gasteiger partial charge < -0.3 is 20.0 Å². The summed E-state index contributed by atoms with van der Waals surface area (Å²) in [4.78, 5) is 53.7. The van der Waals surface area contributed by atoms with Crippen LogP contribution in [-0.2, 0) is 19.2 Å². The molecule has 10 heteroatoms. The SMILES string of the molecule is CSC12CC3C(=O)C=C[C@@H](O)[C@@H]3N1C(=O)C1(SC)CC3C(=O)CC[C@@H](O)[C@@H]3N1C2=O. The maximum Gasteiger partial charge on any atom is 0.261 e. The number of thioether (sulfide) groups is 2. The van der Waals surface area contributed by atoms with Crippen LogP contribution in [-0.4, -0.2) is 89.9 Å². The lowest BCUT2D eigenvalue weighted by atomic mass is 9.81. The molecule has 0 spiro atoms. The molecule has 0 bridgehead atoms. The third-order valence-electron chi connectivity index (χ3n) is 7.64. The topological polar surface area (TPSA) is 115 Å². The fraction of sp³-hybridized carbons (Fsp3) is 0.700. The van der Waals surface area contributed by atoms with Crippen molar-refractivity contribution in [1.29, 1.82) is 0 Å². The minimum Gasteiger partial charge on any atom is -0.391 e. The fourth-order valence-electron chi connectivity index (χ4n) is 6.25. The first-order chi connectivity index (χ1) is 14.2. The van der Waals surface area contributed by atoms with E-state index in [2.05, 4.69) is 0 Å². The van der Waals surface area contributed by atoms with Crippen LogP contribution < -0.4 is 0 Å². The van der Waals surface area contributed by atoms with Gasteiger partial charge >= 0.3 is 0 Å². The van der Waals surface area contributed by atoms with Gasteiger partial charge in [-0.3, -0.25) is 19.2 Å². The third kappa shape index (κ3) is 2.23. The van der Waals surface area contributed by atoms with Gasteiger partial charge in [0.1, 0.15) is 5.78 Å². The molecule has 30 heavy (non-hydrogen) atoms. The molecule has 8 nitrogen and oxygen atoms in total. The van der Waals surface area contributed by atoms with Crippen LogP contribution in [0.4, 0.5) is 0 Å². The number of carbonyl (C=O) groups is 4. The first-order valence-corrected chi connectivity index (χ1v) is 12.6. The smallest absolute Gasteiger partial charge is 0.261 e. The second-order valence-corrected chi connectivity index (χ2v) is 10.9. The van der Waals surface area contributed by atoms with Crippen molar-refractivity contribution in [2.24, 2.45) is 11.8 Å². The summed E-state index contributed by atoms with van der Waals surface area (Å²) in [6.07, 6.45) is 5.03. The van der Waals surface area contributed by atoms with Crippen molar-refractivity contribution < 1.29 is 29.4 Å². The van der Waals surface area contributed by atoms with Gasteiger partial charge in [0, 0.05) is 31.1 Å². The number of rotatable bonds is 2. The highest BCUT2D eigenvalue weighted by molar-refractivity contribution is 8.01. The Bertz CT molecular complexity index is 895. The molecule has 3 saturated heterocycles. The highest BCUT2D eigenvalue weighted by atomic mass is 32.2. The zero-order chi connectivity index (χ0) is 21.6. The van der Waals surface area contributed by atoms with Crippen LogP contribution in [0.1, 0.15) is 25.7 Å². The van der Waals surface area contributed by atoms with E-state index in [-0.39, 0.29) is 49.1 Å². The average Bonchev–Trinajstić information content (AvgIpc) is 3.29. The first-order valence-electron chi connectivity index (χ1n) is 10.1. The van der Waals surface area contributed by atoms with Gasteiger partial charge in [-0.15, -0.1) is 23.5 Å². The largest absolute Gasteiger partial charge is 0.391 e. The van der Waals surface area contributed by atoms with Crippen molar-refractivity contribution in [1.82, 2.24) is 9.80 Å². The number of amides is 2. The van der Waals surface area contributed by atoms with E-state index < -0.39 is 45.9 Å². The maximum absolute atomic E-state index is 14.1. The van der Waals surface area contributed by atoms with Crippen molar-refractivity contribution in [3.05, 3.63) is 12.2 Å². The van der Waals surface area contributed by atoms with Crippen molar-refractivity contribution in [2.45, 2.75) is 59.7 Å². The number of fused-ring (bicyclic) bond motifs is 6. The molecule has 5 aliphatic rings. The highest BCUT2D eigenvalue weighted by Crippen LogP contribution is 2.60. The molecule has 162 valence electrons. The molecular weight excluding hydrogens is 428 g/mol. The van der Waals surface area contributed by atoms with Gasteiger partial charge in [-0.05, 0) is 25.0 Å². The summed E-state index contributed by atoms with van der Waals surface area (Å²) in [5, 5.41) is 21.4. The number of hydrogen-bond acceptors (Lipinski definition) is 8. The zero-order valence-corrected chi connectivity index (χ0v) is 18.3. The van der Waals surface area contributed by atoms with Crippen molar-refractivity contribution >= 4 is 46.9 Å². The van der Waals surface area contributed by atoms with E-state index in [1.165, 1.54) is 45.5 Å². The van der Waals surface area contributed by atoms with Gasteiger partial charge in [-0.2, -0.15) is 0 Å². The monoisotopic (exact) mass is 452 g/mol. The minimum absolute atomic E-state index is 0.0271. The van der Waals surface area contributed by atoms with Crippen molar-refractivity contribution in [3.8, 4) is 0 Å². The molecule has 0 radical (unpaired) electrons. The molecule has 0 aromatic heterocycles. The van der Waals surface area contributed by atoms with Gasteiger partial charge in [0.25, 0.3) is 11.8 Å². The summed E-state index contributed by atoms with van der Waals surface area (Å²) in [6, 6.07) is -1.54. The molecule has 4 fully saturated rings. The van der Waals surface area contributed by atoms with Crippen LogP contribution in [0.15, 0.2) is 12.2 Å². The Morgan fingerprint density at radius 2 is 1.50 bits per heavy atom. The van der Waals surface area contributed by atoms with E-state index >= 15 is 0 Å². The van der Waals surface area contributed by atoms with E-state index in [1.54, 1.807) is 12.5 Å². The summed E-state index contributed by atoms with van der Waals surface area (Å²) in [7, 11) is 0. The Labute approximate surface area is 182 Å². The summed E-state index contributed by atoms with van der Waals surface area (Å²) >= 11 is 2.39. The second kappa shape index (κ2) is 6.57. The number of ketones is 2. The number of allylic oxidation sites excluding steroid dienone is 1. The van der Waals surface area contributed by atoms with Gasteiger partial charge in [0.2, 0.25) is 0 Å². The average molecular weight is 453 g/mol. The standard InChI is InChI=1S/C20H24N2O6S2/c1-29-19-7-9-11(23)3-5-13(25)15(9)21(19)18(28)20(30-2)8-10-12(24)4-6-14(26)16(10)22(20)17(19)27/h3,5,9-10,13-16,25-26H,4,6-8H2,1-2H3/t9?,10?,13-,14-,15-,16-,19?,20?/m1/s1. The highest BCUT2D eigenvalue weighted by Gasteiger charge is 2.75. The normalized spacial score (nSPS) is 47.3. The molecule has 2 N–H and O–H groups in total. The van der Waals surface area contributed by atoms with Gasteiger partial charge in [0.15, 0.2) is 15.5 Å². The molecule has 0 aromatic carbocycles. The lowest BCUT2D eigenvalue weighted by molar-refractivity contribution is -0.170. The van der Waals surface area contributed by atoms with E-state index in [4.69, 9.17) is 0 Å². The van der Waals surface area contributed by atoms with E-state index in [1.807, 2.05) is 0 Å². The lowest BCUT2D eigenvalue weighted by Gasteiger charge is -2.54. The van der Waals surface area contributed by atoms with Crippen LogP contribution in [0.2, 0.25) is 0 Å². The van der Waals surface area contributed by atoms with E-state index in [9.17, 15) is 29.4 Å². The Morgan fingerprint density at radius 3 is 2.10 bits per heavy atom. The molecule has 8 atom stereocenters. The van der Waals surface area contributed by atoms with E-state index in [0.29, 0.717) is 0 Å². The number of nitrogens with zero attached hydrogens (tertiary/aromatic N) is 2. The Kier molecular flexibility index (Phi) is 4.50. The third-order valence-corrected chi connectivity index (χ3v) is 10.1. The molecule has 2 amide bonds.